The molecule has 0 atom stereocenters. The van der Waals surface area contributed by atoms with Gasteiger partial charge in [0.15, 0.2) is 0 Å². The van der Waals surface area contributed by atoms with Gasteiger partial charge in [0.2, 0.25) is 0 Å². The molecule has 1 aliphatic rings. The zero-order chi connectivity index (χ0) is 21.3. The molecule has 1 aliphatic carbocycles. The highest BCUT2D eigenvalue weighted by Crippen LogP contribution is 2.41. The van der Waals surface area contributed by atoms with Gasteiger partial charge in [-0.1, -0.05) is 69.7 Å². The molecule has 1 N–H and O–H groups in total. The number of aliphatic hydroxyl groups is 1. The van der Waals surface area contributed by atoms with E-state index in [1.807, 2.05) is 0 Å². The topological polar surface area (TPSA) is 29.5 Å². The van der Waals surface area contributed by atoms with Gasteiger partial charge in [0, 0.05) is 23.9 Å². The Morgan fingerprint density at radius 3 is 2.47 bits per heavy atom. The Labute approximate surface area is 192 Å². The van der Waals surface area contributed by atoms with Gasteiger partial charge in [-0.15, -0.1) is 0 Å². The third-order valence-electron chi connectivity index (χ3n) is 6.38. The predicted octanol–water partition coefficient (Wildman–Crippen LogP) is 7.28. The summed E-state index contributed by atoms with van der Waals surface area (Å²) in [6.45, 7) is 2.91. The van der Waals surface area contributed by atoms with E-state index in [9.17, 15) is 5.11 Å². The smallest absolute Gasteiger partial charge is 0.0719 e. The van der Waals surface area contributed by atoms with Crippen molar-refractivity contribution in [1.29, 1.82) is 0 Å². The maximum Gasteiger partial charge on any atom is 0.0719 e. The Hall–Kier alpha value is -0.680. The van der Waals surface area contributed by atoms with Crippen LogP contribution in [0.25, 0.3) is 10.8 Å². The molecule has 0 heterocycles. The first-order valence-electron chi connectivity index (χ1n) is 11.6. The zero-order valence-corrected chi connectivity index (χ0v) is 20.4. The molecule has 0 aromatic heterocycles. The van der Waals surface area contributed by atoms with Crippen molar-refractivity contribution in [3.8, 4) is 0 Å². The van der Waals surface area contributed by atoms with Crippen LogP contribution in [0, 0.1) is 5.92 Å². The van der Waals surface area contributed by atoms with E-state index < -0.39 is 0 Å². The van der Waals surface area contributed by atoms with Crippen LogP contribution in [0.2, 0.25) is 0 Å². The lowest BCUT2D eigenvalue weighted by Crippen LogP contribution is -2.26. The highest BCUT2D eigenvalue weighted by Gasteiger charge is 2.28. The number of hydrogen-bond acceptors (Lipinski definition) is 4. The quantitative estimate of drug-likeness (QED) is 0.250. The molecule has 166 valence electrons. The Bertz CT molecular complexity index is 799. The minimum atomic E-state index is 0.0465. The van der Waals surface area contributed by atoms with Crippen LogP contribution >= 0.6 is 24.4 Å². The lowest BCUT2D eigenvalue weighted by atomic mass is 9.81. The van der Waals surface area contributed by atoms with Gasteiger partial charge in [-0.2, -0.15) is 24.4 Å². The van der Waals surface area contributed by atoms with Crippen molar-refractivity contribution in [2.45, 2.75) is 88.3 Å². The molecule has 0 unspecified atom stereocenters. The highest BCUT2D eigenvalue weighted by molar-refractivity contribution is 7.99. The largest absolute Gasteiger partial charge is 0.392 e. The molecule has 0 radical (unpaired) electrons. The fourth-order valence-corrected chi connectivity index (χ4v) is 6.30. The van der Waals surface area contributed by atoms with E-state index in [4.69, 9.17) is 4.74 Å². The molecule has 3 rings (SSSR count). The molecule has 30 heavy (non-hydrogen) atoms. The Morgan fingerprint density at radius 2 is 1.77 bits per heavy atom. The third kappa shape index (κ3) is 6.41. The van der Waals surface area contributed by atoms with Gasteiger partial charge in [0.1, 0.15) is 0 Å². The Balaban J connectivity index is 1.59. The van der Waals surface area contributed by atoms with Crippen LogP contribution in [0.5, 0.6) is 0 Å². The number of fused-ring (bicyclic) bond motifs is 1. The summed E-state index contributed by atoms with van der Waals surface area (Å²) in [7, 11) is 1.74. The molecule has 4 heteroatoms. The summed E-state index contributed by atoms with van der Waals surface area (Å²) in [4.78, 5) is 0. The number of unbranched alkanes of at least 4 members (excludes halogenated alkanes) is 4. The fourth-order valence-electron chi connectivity index (χ4n) is 4.70. The number of methoxy groups -OCH3 is 1. The number of aliphatic hydroxyl groups excluding tert-OH is 1. The second-order valence-corrected chi connectivity index (χ2v) is 10.4. The second-order valence-electron chi connectivity index (χ2n) is 8.83. The van der Waals surface area contributed by atoms with Crippen molar-refractivity contribution >= 4 is 35.2 Å². The number of ether oxygens (including phenoxy) is 1. The van der Waals surface area contributed by atoms with E-state index in [2.05, 4.69) is 55.6 Å². The van der Waals surface area contributed by atoms with Crippen LogP contribution in [-0.4, -0.2) is 17.5 Å². The van der Waals surface area contributed by atoms with Crippen molar-refractivity contribution in [2.75, 3.05) is 7.11 Å². The summed E-state index contributed by atoms with van der Waals surface area (Å²) in [6.07, 6.45) is 11.2. The van der Waals surface area contributed by atoms with Crippen molar-refractivity contribution in [2.24, 2.45) is 5.92 Å². The summed E-state index contributed by atoms with van der Waals surface area (Å²) in [5.41, 5.74) is 4.68. The van der Waals surface area contributed by atoms with Gasteiger partial charge in [0.25, 0.3) is 0 Å². The van der Waals surface area contributed by atoms with Gasteiger partial charge >= 0.3 is 0 Å². The normalized spacial score (nSPS) is 18.7. The van der Waals surface area contributed by atoms with E-state index in [1.165, 1.54) is 67.9 Å². The first kappa shape index (κ1) is 24.0. The molecule has 0 aliphatic heterocycles. The monoisotopic (exact) mass is 446 g/mol. The summed E-state index contributed by atoms with van der Waals surface area (Å²) >= 11 is 6.56. The van der Waals surface area contributed by atoms with E-state index in [0.29, 0.717) is 12.4 Å². The molecular weight excluding hydrogens is 408 g/mol. The molecule has 2 aromatic carbocycles. The molecule has 2 nitrogen and oxygen atoms in total. The highest BCUT2D eigenvalue weighted by atomic mass is 32.2. The van der Waals surface area contributed by atoms with Crippen LogP contribution in [0.3, 0.4) is 0 Å². The van der Waals surface area contributed by atoms with E-state index in [-0.39, 0.29) is 6.61 Å². The van der Waals surface area contributed by atoms with Crippen LogP contribution in [-0.2, 0) is 29.5 Å². The number of thiol groups is 1. The average Bonchev–Trinajstić information content (AvgIpc) is 2.73. The van der Waals surface area contributed by atoms with Gasteiger partial charge in [-0.3, -0.25) is 0 Å². The van der Waals surface area contributed by atoms with Crippen LogP contribution in [0.4, 0.5) is 0 Å². The number of hydrogen-bond donors (Lipinski definition) is 2. The molecule has 1 fully saturated rings. The maximum absolute atomic E-state index is 9.89. The lowest BCUT2D eigenvalue weighted by molar-refractivity contribution is 0.186. The molecule has 2 aromatic rings. The summed E-state index contributed by atoms with van der Waals surface area (Å²) in [5, 5.41) is 13.1. The van der Waals surface area contributed by atoms with Gasteiger partial charge in [0.05, 0.1) is 13.2 Å². The number of thioether (sulfide) groups is 1. The van der Waals surface area contributed by atoms with Crippen molar-refractivity contribution in [1.82, 2.24) is 0 Å². The lowest BCUT2D eigenvalue weighted by Gasteiger charge is -2.35. The first-order chi connectivity index (χ1) is 14.7. The summed E-state index contributed by atoms with van der Waals surface area (Å²) < 4.78 is 5.48. The van der Waals surface area contributed by atoms with Gasteiger partial charge in [-0.05, 0) is 51.8 Å². The minimum absolute atomic E-state index is 0.0465. The Kier molecular flexibility index (Phi) is 9.89. The fraction of sp³-hybridized carbons (Fsp3) is 0.615. The van der Waals surface area contributed by atoms with Crippen LogP contribution < -0.4 is 0 Å². The van der Waals surface area contributed by atoms with E-state index in [0.717, 1.165) is 33.4 Å². The third-order valence-corrected chi connectivity index (χ3v) is 8.10. The molecule has 1 saturated carbocycles. The first-order valence-corrected chi connectivity index (χ1v) is 13.3. The molecule has 0 saturated heterocycles. The van der Waals surface area contributed by atoms with Crippen molar-refractivity contribution in [3.05, 3.63) is 46.5 Å². The maximum atomic E-state index is 9.89. The SMILES string of the molecule is CCCCCCCC1CC(SCc2cc(COC)c3c(CO)cc(CS)cc3c2)C1. The number of benzene rings is 2. The van der Waals surface area contributed by atoms with E-state index in [1.54, 1.807) is 7.11 Å². The zero-order valence-electron chi connectivity index (χ0n) is 18.7. The van der Waals surface area contributed by atoms with Gasteiger partial charge < -0.3 is 9.84 Å². The molecule has 0 bridgehead atoms. The average molecular weight is 447 g/mol. The second kappa shape index (κ2) is 12.4. The molecule has 0 amide bonds. The summed E-state index contributed by atoms with van der Waals surface area (Å²) in [5.74, 6) is 2.71. The van der Waals surface area contributed by atoms with Gasteiger partial charge in [-0.25, -0.2) is 0 Å². The molecular formula is C26H38O2S2. The summed E-state index contributed by atoms with van der Waals surface area (Å²) in [6, 6.07) is 8.87. The standard InChI is InChI=1S/C26H38O2S2/c1-3-4-5-6-7-8-19-13-25(14-19)30-18-21-11-22-9-20(17-29)10-23(15-27)26(22)24(12-21)16-28-2/h9-12,19,25,27,29H,3-8,13-18H2,1-2H3. The molecule has 0 spiro atoms. The van der Waals surface area contributed by atoms with Crippen molar-refractivity contribution < 1.29 is 9.84 Å². The predicted molar refractivity (Wildman–Crippen MR) is 134 cm³/mol. The van der Waals surface area contributed by atoms with Crippen LogP contribution in [0.1, 0.15) is 80.5 Å². The van der Waals surface area contributed by atoms with Crippen LogP contribution in [0.15, 0.2) is 24.3 Å². The number of rotatable bonds is 13. The Morgan fingerprint density at radius 1 is 1.03 bits per heavy atom. The van der Waals surface area contributed by atoms with E-state index >= 15 is 0 Å². The minimum Gasteiger partial charge on any atom is -0.392 e. The van der Waals surface area contributed by atoms with Crippen molar-refractivity contribution in [3.63, 3.8) is 0 Å².